The second-order valence-corrected chi connectivity index (χ2v) is 7.06. The average molecular weight is 309 g/mol. The van der Waals surface area contributed by atoms with Crippen LogP contribution in [0, 0.1) is 0 Å². The van der Waals surface area contributed by atoms with Crippen LogP contribution in [-0.4, -0.2) is 45.7 Å². The highest BCUT2D eigenvalue weighted by Crippen LogP contribution is 2.44. The van der Waals surface area contributed by atoms with E-state index in [9.17, 15) is 9.59 Å². The lowest BCUT2D eigenvalue weighted by Gasteiger charge is -2.49. The maximum Gasteiger partial charge on any atom is 0.255 e. The first-order chi connectivity index (χ1) is 11.1. The Balaban J connectivity index is 1.73. The van der Waals surface area contributed by atoms with Crippen LogP contribution < -0.4 is 0 Å². The van der Waals surface area contributed by atoms with E-state index in [-0.39, 0.29) is 24.4 Å². The van der Waals surface area contributed by atoms with Crippen molar-refractivity contribution < 1.29 is 9.59 Å². The Morgan fingerprint density at radius 3 is 2.78 bits per heavy atom. The van der Waals surface area contributed by atoms with E-state index in [4.69, 9.17) is 0 Å². The predicted octanol–water partition coefficient (Wildman–Crippen LogP) is 1.77. The van der Waals surface area contributed by atoms with Gasteiger partial charge in [-0.2, -0.15) is 0 Å². The summed E-state index contributed by atoms with van der Waals surface area (Å²) in [4.78, 5) is 33.0. The number of H-pyrrole nitrogens is 1. The molecule has 0 radical (unpaired) electrons. The van der Waals surface area contributed by atoms with E-state index < -0.39 is 5.54 Å². The van der Waals surface area contributed by atoms with Gasteiger partial charge in [0.05, 0.1) is 5.69 Å². The lowest BCUT2D eigenvalue weighted by molar-refractivity contribution is -0.166. The van der Waals surface area contributed by atoms with Gasteiger partial charge in [-0.15, -0.1) is 0 Å². The number of amides is 2. The van der Waals surface area contributed by atoms with E-state index in [0.29, 0.717) is 6.54 Å². The molecular formula is C18H19N3O2. The summed E-state index contributed by atoms with van der Waals surface area (Å²) in [5.41, 5.74) is 2.26. The monoisotopic (exact) mass is 309 g/mol. The molecule has 2 fully saturated rings. The Morgan fingerprint density at radius 1 is 1.22 bits per heavy atom. The molecule has 1 N–H and O–H groups in total. The number of hydrogen-bond donors (Lipinski definition) is 1. The molecular weight excluding hydrogens is 290 g/mol. The molecule has 1 aromatic heterocycles. The highest BCUT2D eigenvalue weighted by atomic mass is 16.2. The van der Waals surface area contributed by atoms with Gasteiger partial charge in [0, 0.05) is 23.5 Å². The van der Waals surface area contributed by atoms with E-state index in [0.717, 1.165) is 30.5 Å². The summed E-state index contributed by atoms with van der Waals surface area (Å²) >= 11 is 0. The van der Waals surface area contributed by atoms with Gasteiger partial charge < -0.3 is 14.8 Å². The van der Waals surface area contributed by atoms with Crippen molar-refractivity contribution in [1.82, 2.24) is 14.8 Å². The highest BCUT2D eigenvalue weighted by molar-refractivity contribution is 6.01. The van der Waals surface area contributed by atoms with Gasteiger partial charge in [0.25, 0.3) is 5.91 Å². The third kappa shape index (κ3) is 1.57. The quantitative estimate of drug-likeness (QED) is 0.873. The van der Waals surface area contributed by atoms with Crippen LogP contribution in [0.4, 0.5) is 0 Å². The van der Waals surface area contributed by atoms with Gasteiger partial charge in [-0.1, -0.05) is 18.2 Å². The number of nitrogens with zero attached hydrogens (tertiary/aromatic N) is 2. The van der Waals surface area contributed by atoms with Gasteiger partial charge in [-0.25, -0.2) is 0 Å². The van der Waals surface area contributed by atoms with Gasteiger partial charge in [0.2, 0.25) is 5.91 Å². The fourth-order valence-corrected chi connectivity index (χ4v) is 4.32. The van der Waals surface area contributed by atoms with E-state index in [2.05, 4.69) is 11.1 Å². The van der Waals surface area contributed by atoms with Crippen molar-refractivity contribution in [3.05, 3.63) is 35.5 Å². The summed E-state index contributed by atoms with van der Waals surface area (Å²) < 4.78 is 0. The number of nitrogens with one attached hydrogen (secondary N) is 1. The zero-order chi connectivity index (χ0) is 15.8. The number of rotatable bonds is 1. The third-order valence-corrected chi connectivity index (χ3v) is 5.70. The molecule has 2 amide bonds. The van der Waals surface area contributed by atoms with Crippen molar-refractivity contribution in [2.45, 2.75) is 37.8 Å². The molecule has 1 saturated carbocycles. The number of hydrogen-bond acceptors (Lipinski definition) is 2. The standard InChI is InChI=1S/C18H19N3O2/c1-18-16-13(12-4-2-3-5-14(12)19-16)8-9-21(18)15(22)10-20(17(18)23)11-6-7-11/h2-5,11,19H,6-10H2,1H3/t18-/m1/s1. The summed E-state index contributed by atoms with van der Waals surface area (Å²) in [5.74, 6) is 0.149. The molecule has 5 rings (SSSR count). The number of piperazine rings is 1. The van der Waals surface area contributed by atoms with Gasteiger partial charge in [0.1, 0.15) is 6.54 Å². The first-order valence-electron chi connectivity index (χ1n) is 8.32. The molecule has 0 unspecified atom stereocenters. The Labute approximate surface area is 134 Å². The predicted molar refractivity (Wildman–Crippen MR) is 85.8 cm³/mol. The van der Waals surface area contributed by atoms with E-state index in [1.165, 1.54) is 10.9 Å². The first-order valence-corrected chi connectivity index (χ1v) is 8.32. The van der Waals surface area contributed by atoms with Crippen molar-refractivity contribution in [2.75, 3.05) is 13.1 Å². The van der Waals surface area contributed by atoms with Crippen LogP contribution >= 0.6 is 0 Å². The van der Waals surface area contributed by atoms with Gasteiger partial charge in [0.15, 0.2) is 5.54 Å². The minimum atomic E-state index is -0.884. The van der Waals surface area contributed by atoms with E-state index in [1.54, 1.807) is 9.80 Å². The van der Waals surface area contributed by atoms with Crippen LogP contribution in [0.5, 0.6) is 0 Å². The Hall–Kier alpha value is -2.30. The molecule has 118 valence electrons. The SMILES string of the molecule is C[C@@]12C(=O)N(C3CC3)CC(=O)N1CCc1c2[nH]c2ccccc12. The Morgan fingerprint density at radius 2 is 2.00 bits per heavy atom. The molecule has 1 saturated heterocycles. The maximum absolute atomic E-state index is 13.3. The smallest absolute Gasteiger partial charge is 0.255 e. The molecule has 3 aliphatic rings. The van der Waals surface area contributed by atoms with Crippen molar-refractivity contribution in [1.29, 1.82) is 0 Å². The van der Waals surface area contributed by atoms with Crippen molar-refractivity contribution in [3.63, 3.8) is 0 Å². The van der Waals surface area contributed by atoms with Gasteiger partial charge in [-0.05, 0) is 37.8 Å². The molecule has 5 heteroatoms. The van der Waals surface area contributed by atoms with Crippen LogP contribution in [0.25, 0.3) is 10.9 Å². The minimum Gasteiger partial charge on any atom is -0.356 e. The summed E-state index contributed by atoms with van der Waals surface area (Å²) in [6.45, 7) is 2.78. The van der Waals surface area contributed by atoms with Crippen LogP contribution in [0.3, 0.4) is 0 Å². The fraction of sp³-hybridized carbons (Fsp3) is 0.444. The highest BCUT2D eigenvalue weighted by Gasteiger charge is 2.56. The van der Waals surface area contributed by atoms with Crippen molar-refractivity contribution in [3.8, 4) is 0 Å². The largest absolute Gasteiger partial charge is 0.356 e. The molecule has 3 heterocycles. The number of carbonyl (C=O) groups excluding carboxylic acids is 2. The van der Waals surface area contributed by atoms with Crippen molar-refractivity contribution in [2.24, 2.45) is 0 Å². The van der Waals surface area contributed by atoms with Crippen LogP contribution in [0.15, 0.2) is 24.3 Å². The van der Waals surface area contributed by atoms with Crippen molar-refractivity contribution >= 4 is 22.7 Å². The summed E-state index contributed by atoms with van der Waals surface area (Å²) in [5, 5.41) is 1.17. The molecule has 1 atom stereocenters. The number of fused-ring (bicyclic) bond motifs is 5. The van der Waals surface area contributed by atoms with Crippen LogP contribution in [0.2, 0.25) is 0 Å². The Kier molecular flexibility index (Phi) is 2.38. The molecule has 23 heavy (non-hydrogen) atoms. The average Bonchev–Trinajstić information content (AvgIpc) is 3.32. The minimum absolute atomic E-state index is 0.0725. The molecule has 2 aromatic rings. The summed E-state index contributed by atoms with van der Waals surface area (Å²) in [7, 11) is 0. The van der Waals surface area contributed by atoms with Gasteiger partial charge >= 0.3 is 0 Å². The number of benzene rings is 1. The Bertz CT molecular complexity index is 851. The second-order valence-electron chi connectivity index (χ2n) is 7.06. The normalized spacial score (nSPS) is 27.3. The molecule has 0 spiro atoms. The second kappa shape index (κ2) is 4.16. The van der Waals surface area contributed by atoms with Crippen LogP contribution in [0.1, 0.15) is 31.0 Å². The topological polar surface area (TPSA) is 56.4 Å². The number of aromatic amines is 1. The van der Waals surface area contributed by atoms with E-state index >= 15 is 0 Å². The van der Waals surface area contributed by atoms with Gasteiger partial charge in [-0.3, -0.25) is 9.59 Å². The molecule has 0 bridgehead atoms. The lowest BCUT2D eigenvalue weighted by atomic mass is 9.83. The molecule has 5 nitrogen and oxygen atoms in total. The summed E-state index contributed by atoms with van der Waals surface area (Å²) in [6, 6.07) is 8.41. The fourth-order valence-electron chi connectivity index (χ4n) is 4.32. The number of para-hydroxylation sites is 1. The van der Waals surface area contributed by atoms with E-state index in [1.807, 2.05) is 25.1 Å². The maximum atomic E-state index is 13.3. The number of aromatic nitrogens is 1. The molecule has 2 aliphatic heterocycles. The zero-order valence-electron chi connectivity index (χ0n) is 13.1. The molecule has 1 aromatic carbocycles. The lowest BCUT2D eigenvalue weighted by Crippen LogP contribution is -2.67. The zero-order valence-corrected chi connectivity index (χ0v) is 13.1. The summed E-state index contributed by atoms with van der Waals surface area (Å²) in [6.07, 6.45) is 2.85. The van der Waals surface area contributed by atoms with Crippen LogP contribution in [-0.2, 0) is 21.5 Å². The first kappa shape index (κ1) is 13.2. The number of carbonyl (C=O) groups is 2. The third-order valence-electron chi connectivity index (χ3n) is 5.70. The molecule has 1 aliphatic carbocycles.